The second-order valence-corrected chi connectivity index (χ2v) is 8.60. The maximum Gasteiger partial charge on any atom is 0.455 e. The Morgan fingerprint density at radius 2 is 1.77 bits per heavy atom. The molecule has 0 saturated heterocycles. The summed E-state index contributed by atoms with van der Waals surface area (Å²) in [6, 6.07) is 2.72. The van der Waals surface area contributed by atoms with E-state index in [4.69, 9.17) is 0 Å². The molecule has 0 aliphatic heterocycles. The average molecular weight is 449 g/mol. The van der Waals surface area contributed by atoms with E-state index < -0.39 is 28.5 Å². The third kappa shape index (κ3) is 3.93. The summed E-state index contributed by atoms with van der Waals surface area (Å²) in [6.45, 7) is -0.238. The summed E-state index contributed by atoms with van der Waals surface area (Å²) in [5.74, 6) is -5.17. The number of aromatic nitrogens is 4. The first-order chi connectivity index (χ1) is 13.9. The quantitative estimate of drug-likeness (QED) is 0.580. The van der Waals surface area contributed by atoms with Gasteiger partial charge < -0.3 is 5.32 Å². The number of pyridine rings is 2. The van der Waals surface area contributed by atoms with Crippen molar-refractivity contribution in [3.05, 3.63) is 30.7 Å². The summed E-state index contributed by atoms with van der Waals surface area (Å²) in [6.07, 6.45) is -2.17. The maximum atomic E-state index is 13.4. The summed E-state index contributed by atoms with van der Waals surface area (Å²) in [4.78, 5) is 8.09. The molecule has 3 heterocycles. The molecular formula is C17H16F5N5O2S. The van der Waals surface area contributed by atoms with Crippen LogP contribution in [-0.4, -0.2) is 53.1 Å². The molecule has 0 aromatic carbocycles. The Labute approximate surface area is 167 Å². The monoisotopic (exact) mass is 449 g/mol. The normalized spacial score (nSPS) is 13.0. The predicted molar refractivity (Wildman–Crippen MR) is 99.0 cm³/mol. The number of anilines is 1. The first-order valence-corrected chi connectivity index (χ1v) is 10.2. The lowest BCUT2D eigenvalue weighted by Crippen LogP contribution is -2.40. The van der Waals surface area contributed by atoms with Gasteiger partial charge in [-0.05, 0) is 12.1 Å². The van der Waals surface area contributed by atoms with E-state index in [0.29, 0.717) is 10.4 Å². The molecule has 0 bridgehead atoms. The number of alkyl halides is 5. The van der Waals surface area contributed by atoms with Crippen molar-refractivity contribution in [1.82, 2.24) is 19.7 Å². The number of hydrogen-bond donors (Lipinski definition) is 1. The molecule has 0 amide bonds. The van der Waals surface area contributed by atoms with Crippen LogP contribution in [0.4, 0.5) is 27.6 Å². The number of nitrogens with zero attached hydrogens (tertiary/aromatic N) is 4. The van der Waals surface area contributed by atoms with Gasteiger partial charge in [-0.15, -0.1) is 0 Å². The van der Waals surface area contributed by atoms with Gasteiger partial charge in [0.15, 0.2) is 9.84 Å². The third-order valence-corrected chi connectivity index (χ3v) is 6.13. The maximum absolute atomic E-state index is 13.4. The molecule has 7 nitrogen and oxygen atoms in total. The molecule has 13 heteroatoms. The molecule has 3 rings (SSSR count). The van der Waals surface area contributed by atoms with Crippen molar-refractivity contribution in [3.63, 3.8) is 0 Å². The molecule has 0 aliphatic carbocycles. The van der Waals surface area contributed by atoms with E-state index in [0.717, 1.165) is 12.4 Å². The molecule has 0 radical (unpaired) electrons. The van der Waals surface area contributed by atoms with Gasteiger partial charge in [-0.3, -0.25) is 14.6 Å². The van der Waals surface area contributed by atoms with Crippen molar-refractivity contribution >= 4 is 26.4 Å². The molecule has 0 aliphatic rings. The fraction of sp³-hybridized carbons (Fsp3) is 0.353. The fourth-order valence-electron chi connectivity index (χ4n) is 2.68. The summed E-state index contributed by atoms with van der Waals surface area (Å²) in [5, 5.41) is 6.58. The Morgan fingerprint density at radius 3 is 2.37 bits per heavy atom. The number of hydrogen-bond acceptors (Lipinski definition) is 6. The van der Waals surface area contributed by atoms with Crippen LogP contribution < -0.4 is 5.32 Å². The van der Waals surface area contributed by atoms with Gasteiger partial charge in [0.05, 0.1) is 46.1 Å². The van der Waals surface area contributed by atoms with Crippen molar-refractivity contribution in [2.45, 2.75) is 30.5 Å². The Kier molecular flexibility index (Phi) is 5.43. The Balaban J connectivity index is 2.08. The van der Waals surface area contributed by atoms with E-state index >= 15 is 0 Å². The molecule has 0 spiro atoms. The van der Waals surface area contributed by atoms with Gasteiger partial charge in [-0.1, -0.05) is 6.92 Å². The number of halogens is 5. The Morgan fingerprint density at radius 1 is 1.07 bits per heavy atom. The molecule has 0 saturated carbocycles. The minimum Gasteiger partial charge on any atom is -0.387 e. The molecule has 3 aromatic heterocycles. The van der Waals surface area contributed by atoms with Crippen molar-refractivity contribution in [3.8, 4) is 11.4 Å². The van der Waals surface area contributed by atoms with Crippen LogP contribution in [0.25, 0.3) is 22.3 Å². The van der Waals surface area contributed by atoms with E-state index in [1.165, 1.54) is 25.3 Å². The molecule has 0 unspecified atom stereocenters. The van der Waals surface area contributed by atoms with Crippen LogP contribution in [0.2, 0.25) is 0 Å². The smallest absolute Gasteiger partial charge is 0.387 e. The topological polar surface area (TPSA) is 89.8 Å². The largest absolute Gasteiger partial charge is 0.455 e. The van der Waals surface area contributed by atoms with Crippen molar-refractivity contribution in [1.29, 1.82) is 0 Å². The van der Waals surface area contributed by atoms with Crippen LogP contribution in [0.1, 0.15) is 6.92 Å². The van der Waals surface area contributed by atoms with Crippen molar-refractivity contribution in [2.24, 2.45) is 0 Å². The molecule has 162 valence electrons. The highest BCUT2D eigenvalue weighted by molar-refractivity contribution is 7.91. The molecule has 0 atom stereocenters. The van der Waals surface area contributed by atoms with E-state index in [1.54, 1.807) is 7.05 Å². The molecule has 1 N–H and O–H groups in total. The van der Waals surface area contributed by atoms with Crippen LogP contribution in [0.5, 0.6) is 0 Å². The summed E-state index contributed by atoms with van der Waals surface area (Å²) < 4.78 is 89.7. The van der Waals surface area contributed by atoms with Gasteiger partial charge in [0.1, 0.15) is 12.2 Å². The number of sulfone groups is 1. The van der Waals surface area contributed by atoms with Crippen molar-refractivity contribution < 1.29 is 30.4 Å². The van der Waals surface area contributed by atoms with E-state index in [1.807, 2.05) is 0 Å². The fourth-order valence-corrected chi connectivity index (χ4v) is 3.75. The van der Waals surface area contributed by atoms with Gasteiger partial charge in [-0.2, -0.15) is 27.1 Å². The molecule has 3 aromatic rings. The first-order valence-electron chi connectivity index (χ1n) is 8.56. The van der Waals surface area contributed by atoms with Gasteiger partial charge >= 0.3 is 12.1 Å². The number of fused-ring (bicyclic) bond motifs is 1. The van der Waals surface area contributed by atoms with Crippen LogP contribution in [-0.2, 0) is 16.4 Å². The lowest BCUT2D eigenvalue weighted by atomic mass is 10.2. The molecule has 30 heavy (non-hydrogen) atoms. The van der Waals surface area contributed by atoms with Crippen molar-refractivity contribution in [2.75, 3.05) is 18.1 Å². The highest BCUT2D eigenvalue weighted by Gasteiger charge is 2.57. The zero-order chi connectivity index (χ0) is 22.3. The second kappa shape index (κ2) is 7.45. The highest BCUT2D eigenvalue weighted by Crippen LogP contribution is 2.37. The minimum absolute atomic E-state index is 0.0334. The van der Waals surface area contributed by atoms with Gasteiger partial charge in [0.25, 0.3) is 0 Å². The minimum atomic E-state index is -5.72. The predicted octanol–water partition coefficient (Wildman–Crippen LogP) is 3.53. The third-order valence-electron chi connectivity index (χ3n) is 4.39. The van der Waals surface area contributed by atoms with E-state index in [9.17, 15) is 30.4 Å². The molecule has 0 fully saturated rings. The van der Waals surface area contributed by atoms with E-state index in [-0.39, 0.29) is 32.9 Å². The van der Waals surface area contributed by atoms with E-state index in [2.05, 4.69) is 20.4 Å². The summed E-state index contributed by atoms with van der Waals surface area (Å²) in [7, 11) is -2.09. The molecular weight excluding hydrogens is 433 g/mol. The average Bonchev–Trinajstić information content (AvgIpc) is 3.08. The number of nitrogens with one attached hydrogen (secondary N) is 1. The number of rotatable bonds is 6. The highest BCUT2D eigenvalue weighted by atomic mass is 32.2. The lowest BCUT2D eigenvalue weighted by molar-refractivity contribution is -0.287. The van der Waals surface area contributed by atoms with Gasteiger partial charge in [0, 0.05) is 12.4 Å². The van der Waals surface area contributed by atoms with Crippen LogP contribution in [0.15, 0.2) is 35.6 Å². The standard InChI is InChI=1S/C17H16F5N5O2S/c1-3-30(28,29)14-5-11(23-2)7-25-15(14)12-4-10-6-26-27(13(10)8-24-12)9-16(18,19)17(20,21)22/h4-8,23H,3,9H2,1-2H3. The Bertz CT molecular complexity index is 1190. The Hall–Kier alpha value is -2.83. The zero-order valence-corrected chi connectivity index (χ0v) is 16.5. The second-order valence-electron chi connectivity index (χ2n) is 6.36. The van der Waals surface area contributed by atoms with Crippen LogP contribution >= 0.6 is 0 Å². The van der Waals surface area contributed by atoms with Gasteiger partial charge in [-0.25, -0.2) is 8.42 Å². The summed E-state index contributed by atoms with van der Waals surface area (Å²) in [5.41, 5.74) is 0.536. The van der Waals surface area contributed by atoms with Crippen LogP contribution in [0, 0.1) is 0 Å². The SMILES string of the molecule is CCS(=O)(=O)c1cc(NC)cnc1-c1cc2cnn(CC(F)(F)C(F)(F)F)c2cn1. The first kappa shape index (κ1) is 21.9. The lowest BCUT2D eigenvalue weighted by Gasteiger charge is -2.19. The summed E-state index contributed by atoms with van der Waals surface area (Å²) >= 11 is 0. The van der Waals surface area contributed by atoms with Gasteiger partial charge in [0.2, 0.25) is 0 Å². The van der Waals surface area contributed by atoms with Crippen LogP contribution in [0.3, 0.4) is 0 Å². The zero-order valence-electron chi connectivity index (χ0n) is 15.7.